The van der Waals surface area contributed by atoms with Crippen LogP contribution in [0.15, 0.2) is 80.1 Å². The number of guanidine groups is 1. The first-order valence-electron chi connectivity index (χ1n) is 7.85. The van der Waals surface area contributed by atoms with Crippen molar-refractivity contribution in [2.45, 2.75) is 11.4 Å². The summed E-state index contributed by atoms with van der Waals surface area (Å²) in [4.78, 5) is 22.1. The average Bonchev–Trinajstić information content (AvgIpc) is 2.83. The van der Waals surface area contributed by atoms with E-state index in [0.29, 0.717) is 23.2 Å². The number of nitro groups is 1. The summed E-state index contributed by atoms with van der Waals surface area (Å²) in [5.41, 5.74) is 1.98. The molecule has 2 aromatic carbocycles. The van der Waals surface area contributed by atoms with Crippen LogP contribution < -0.4 is 0 Å². The van der Waals surface area contributed by atoms with Crippen LogP contribution in [-0.2, 0) is 6.54 Å². The predicted octanol–water partition coefficient (Wildman–Crippen LogP) is 3.82. The molecule has 2 aliphatic rings. The Kier molecular flexibility index (Phi) is 4.32. The SMILES string of the molecule is O=[N+]([O-])c1ccccc1S/N=C1/N=C2N=CC=CN2Cc2ccccc21. The Bertz CT molecular complexity index is 997. The van der Waals surface area contributed by atoms with Gasteiger partial charge in [-0.1, -0.05) is 36.4 Å². The molecular weight excluding hydrogens is 350 g/mol. The van der Waals surface area contributed by atoms with Crippen molar-refractivity contribution in [2.24, 2.45) is 14.4 Å². The van der Waals surface area contributed by atoms with Crippen molar-refractivity contribution >= 4 is 35.6 Å². The smallest absolute Gasteiger partial charge is 0.284 e. The molecule has 0 unspecified atom stereocenters. The first-order chi connectivity index (χ1) is 12.7. The topological polar surface area (TPSA) is 83.5 Å². The number of benzene rings is 2. The minimum absolute atomic E-state index is 0.0247. The molecule has 2 aliphatic heterocycles. The van der Waals surface area contributed by atoms with E-state index < -0.39 is 4.92 Å². The van der Waals surface area contributed by atoms with Gasteiger partial charge in [-0.05, 0) is 17.7 Å². The van der Waals surface area contributed by atoms with Gasteiger partial charge in [-0.25, -0.2) is 4.99 Å². The lowest BCUT2D eigenvalue weighted by atomic mass is 10.1. The van der Waals surface area contributed by atoms with E-state index in [2.05, 4.69) is 14.4 Å². The highest BCUT2D eigenvalue weighted by Gasteiger charge is 2.21. The molecule has 0 spiro atoms. The van der Waals surface area contributed by atoms with Crippen LogP contribution in [0.3, 0.4) is 0 Å². The molecular formula is C18H13N5O2S. The lowest BCUT2D eigenvalue weighted by molar-refractivity contribution is -0.387. The molecule has 2 aromatic rings. The van der Waals surface area contributed by atoms with Gasteiger partial charge in [0.1, 0.15) is 4.90 Å². The summed E-state index contributed by atoms with van der Waals surface area (Å²) in [5.74, 6) is 1.04. The summed E-state index contributed by atoms with van der Waals surface area (Å²) < 4.78 is 4.51. The number of nitrogens with zero attached hydrogens (tertiary/aromatic N) is 5. The van der Waals surface area contributed by atoms with Gasteiger partial charge in [-0.15, -0.1) is 0 Å². The van der Waals surface area contributed by atoms with Crippen molar-refractivity contribution in [2.75, 3.05) is 0 Å². The van der Waals surface area contributed by atoms with E-state index in [-0.39, 0.29) is 5.69 Å². The highest BCUT2D eigenvalue weighted by molar-refractivity contribution is 7.98. The fourth-order valence-electron chi connectivity index (χ4n) is 2.67. The molecule has 7 nitrogen and oxygen atoms in total. The summed E-state index contributed by atoms with van der Waals surface area (Å²) in [7, 11) is 0. The van der Waals surface area contributed by atoms with Gasteiger partial charge in [0.15, 0.2) is 5.84 Å². The first kappa shape index (κ1) is 16.2. The van der Waals surface area contributed by atoms with Crippen molar-refractivity contribution in [3.8, 4) is 0 Å². The summed E-state index contributed by atoms with van der Waals surface area (Å²) >= 11 is 1.04. The van der Waals surface area contributed by atoms with Crippen molar-refractivity contribution in [1.82, 2.24) is 4.90 Å². The number of amidine groups is 1. The fourth-order valence-corrected chi connectivity index (χ4v) is 3.37. The number of rotatable bonds is 3. The molecule has 0 saturated carbocycles. The fraction of sp³-hybridized carbons (Fsp3) is 0.0556. The second kappa shape index (κ2) is 6.93. The molecule has 0 saturated heterocycles. The van der Waals surface area contributed by atoms with Crippen LogP contribution in [0.25, 0.3) is 0 Å². The van der Waals surface area contributed by atoms with E-state index in [1.165, 1.54) is 6.07 Å². The van der Waals surface area contributed by atoms with Gasteiger partial charge < -0.3 is 4.90 Å². The van der Waals surface area contributed by atoms with E-state index in [1.807, 2.05) is 41.4 Å². The normalized spacial score (nSPS) is 16.7. The molecule has 0 fully saturated rings. The zero-order valence-electron chi connectivity index (χ0n) is 13.5. The van der Waals surface area contributed by atoms with Crippen molar-refractivity contribution < 1.29 is 4.92 Å². The van der Waals surface area contributed by atoms with Crippen LogP contribution in [0.4, 0.5) is 5.69 Å². The highest BCUT2D eigenvalue weighted by atomic mass is 32.2. The minimum atomic E-state index is -0.409. The van der Waals surface area contributed by atoms with Crippen molar-refractivity contribution in [3.05, 3.63) is 82.0 Å². The van der Waals surface area contributed by atoms with Gasteiger partial charge in [0, 0.05) is 36.0 Å². The van der Waals surface area contributed by atoms with E-state index in [1.54, 1.807) is 24.4 Å². The van der Waals surface area contributed by atoms with E-state index in [9.17, 15) is 10.1 Å². The quantitative estimate of drug-likeness (QED) is 0.471. The molecule has 0 aliphatic carbocycles. The minimum Gasteiger partial charge on any atom is -0.313 e. The van der Waals surface area contributed by atoms with Crippen LogP contribution in [0.2, 0.25) is 0 Å². The molecule has 0 atom stereocenters. The monoisotopic (exact) mass is 363 g/mol. The largest absolute Gasteiger partial charge is 0.313 e. The maximum absolute atomic E-state index is 11.2. The molecule has 26 heavy (non-hydrogen) atoms. The van der Waals surface area contributed by atoms with Crippen LogP contribution in [0.1, 0.15) is 11.1 Å². The Morgan fingerprint density at radius 2 is 1.96 bits per heavy atom. The summed E-state index contributed by atoms with van der Waals surface area (Å²) in [6, 6.07) is 14.4. The first-order valence-corrected chi connectivity index (χ1v) is 8.62. The lowest BCUT2D eigenvalue weighted by Crippen LogP contribution is -2.24. The highest BCUT2D eigenvalue weighted by Crippen LogP contribution is 2.31. The number of hydrogen-bond acceptors (Lipinski definition) is 6. The zero-order chi connectivity index (χ0) is 17.9. The number of allylic oxidation sites excluding steroid dienone is 1. The predicted molar refractivity (Wildman–Crippen MR) is 103 cm³/mol. The lowest BCUT2D eigenvalue weighted by Gasteiger charge is -2.19. The standard InChI is InChI=1S/C18H13N5O2S/c24-23(25)15-8-3-4-9-16(15)26-21-17-14-7-2-1-6-13(14)12-22-11-5-10-19-18(22)20-17/h1-11H,12H2/b21-17+. The van der Waals surface area contributed by atoms with Gasteiger partial charge in [0.2, 0.25) is 5.96 Å². The van der Waals surface area contributed by atoms with E-state index >= 15 is 0 Å². The average molecular weight is 363 g/mol. The van der Waals surface area contributed by atoms with Crippen molar-refractivity contribution in [1.29, 1.82) is 0 Å². The molecule has 0 bridgehead atoms. The number of aliphatic imine (C=N–C) groups is 2. The van der Waals surface area contributed by atoms with Gasteiger partial charge in [0.05, 0.1) is 11.5 Å². The number of hydrogen-bond donors (Lipinski definition) is 0. The van der Waals surface area contributed by atoms with E-state index in [0.717, 1.165) is 23.1 Å². The number of fused-ring (bicyclic) bond motifs is 2. The Hall–Kier alpha value is -3.26. The third-order valence-electron chi connectivity index (χ3n) is 3.90. The molecule has 0 aromatic heterocycles. The molecule has 4 rings (SSSR count). The van der Waals surface area contributed by atoms with Gasteiger partial charge in [-0.3, -0.25) is 10.1 Å². The summed E-state index contributed by atoms with van der Waals surface area (Å²) in [6.45, 7) is 0.637. The maximum atomic E-state index is 11.2. The Morgan fingerprint density at radius 1 is 1.15 bits per heavy atom. The van der Waals surface area contributed by atoms with Gasteiger partial charge in [-0.2, -0.15) is 9.39 Å². The second-order valence-corrected chi connectivity index (χ2v) is 6.35. The molecule has 0 N–H and O–H groups in total. The molecule has 128 valence electrons. The summed E-state index contributed by atoms with van der Waals surface area (Å²) in [5, 5.41) is 11.2. The molecule has 2 heterocycles. The van der Waals surface area contributed by atoms with E-state index in [4.69, 9.17) is 0 Å². The molecule has 0 radical (unpaired) electrons. The van der Waals surface area contributed by atoms with Gasteiger partial charge in [0.25, 0.3) is 5.69 Å². The zero-order valence-corrected chi connectivity index (χ0v) is 14.3. The molecule has 0 amide bonds. The summed E-state index contributed by atoms with van der Waals surface area (Å²) in [6.07, 6.45) is 5.45. The third-order valence-corrected chi connectivity index (χ3v) is 4.70. The third kappa shape index (κ3) is 3.14. The number of para-hydroxylation sites is 1. The maximum Gasteiger partial charge on any atom is 0.284 e. The van der Waals surface area contributed by atoms with Crippen LogP contribution in [-0.4, -0.2) is 27.8 Å². The Labute approximate surface area is 153 Å². The van der Waals surface area contributed by atoms with Crippen LogP contribution in [0, 0.1) is 10.1 Å². The molecule has 8 heteroatoms. The van der Waals surface area contributed by atoms with Gasteiger partial charge >= 0.3 is 0 Å². The number of nitro benzene ring substituents is 1. The second-order valence-electron chi connectivity index (χ2n) is 5.55. The van der Waals surface area contributed by atoms with Crippen LogP contribution in [0.5, 0.6) is 0 Å². The van der Waals surface area contributed by atoms with Crippen molar-refractivity contribution in [3.63, 3.8) is 0 Å². The Balaban J connectivity index is 1.76. The Morgan fingerprint density at radius 3 is 2.85 bits per heavy atom. The van der Waals surface area contributed by atoms with Crippen LogP contribution >= 0.6 is 11.9 Å².